The van der Waals surface area contributed by atoms with Gasteiger partial charge in [-0.2, -0.15) is 0 Å². The van der Waals surface area contributed by atoms with Crippen LogP contribution in [0.25, 0.3) is 0 Å². The highest BCUT2D eigenvalue weighted by Gasteiger charge is 2.12. The van der Waals surface area contributed by atoms with E-state index in [1.807, 2.05) is 12.1 Å². The summed E-state index contributed by atoms with van der Waals surface area (Å²) in [6, 6.07) is 7.52. The van der Waals surface area contributed by atoms with Gasteiger partial charge < -0.3 is 5.11 Å². The number of halogens is 1. The van der Waals surface area contributed by atoms with Gasteiger partial charge in [0.25, 0.3) is 0 Å². The van der Waals surface area contributed by atoms with Crippen molar-refractivity contribution in [2.75, 3.05) is 0 Å². The summed E-state index contributed by atoms with van der Waals surface area (Å²) in [5.74, 6) is 0.997. The number of benzene rings is 1. The normalized spacial score (nSPS) is 15.1. The standard InChI is InChI=1S/C12H17BrO/c1-3-11(9(2)13)7-10-5-4-6-12(14)8-10/h4-6,8-9,11,14H,3,7H2,1-2H3. The Kier molecular flexibility index (Phi) is 4.46. The largest absolute Gasteiger partial charge is 0.508 e. The summed E-state index contributed by atoms with van der Waals surface area (Å²) in [6.45, 7) is 4.38. The van der Waals surface area contributed by atoms with Crippen LogP contribution >= 0.6 is 15.9 Å². The molecule has 1 rings (SSSR count). The van der Waals surface area contributed by atoms with E-state index in [0.717, 1.165) is 12.8 Å². The molecular formula is C12H17BrO. The molecule has 1 aromatic rings. The van der Waals surface area contributed by atoms with Gasteiger partial charge in [-0.05, 0) is 30.0 Å². The Balaban J connectivity index is 2.67. The molecular weight excluding hydrogens is 240 g/mol. The number of hydrogen-bond acceptors (Lipinski definition) is 1. The first-order chi connectivity index (χ1) is 6.63. The number of phenols is 1. The molecule has 2 unspecified atom stereocenters. The van der Waals surface area contributed by atoms with Crippen molar-refractivity contribution in [2.45, 2.75) is 31.5 Å². The van der Waals surface area contributed by atoms with E-state index in [1.165, 1.54) is 5.56 Å². The Morgan fingerprint density at radius 1 is 1.43 bits per heavy atom. The molecule has 0 spiro atoms. The van der Waals surface area contributed by atoms with Crippen LogP contribution in [0, 0.1) is 5.92 Å². The predicted octanol–water partition coefficient (Wildman–Crippen LogP) is 3.74. The monoisotopic (exact) mass is 256 g/mol. The molecule has 1 nitrogen and oxygen atoms in total. The molecule has 1 N–H and O–H groups in total. The van der Waals surface area contributed by atoms with Gasteiger partial charge in [-0.1, -0.05) is 48.3 Å². The third kappa shape index (κ3) is 3.33. The van der Waals surface area contributed by atoms with Gasteiger partial charge in [0.05, 0.1) is 0 Å². The van der Waals surface area contributed by atoms with E-state index in [9.17, 15) is 5.11 Å². The molecule has 78 valence electrons. The molecule has 0 fully saturated rings. The average Bonchev–Trinajstić information content (AvgIpc) is 2.14. The van der Waals surface area contributed by atoms with Crippen molar-refractivity contribution >= 4 is 15.9 Å². The van der Waals surface area contributed by atoms with Crippen molar-refractivity contribution in [3.05, 3.63) is 29.8 Å². The fourth-order valence-electron chi connectivity index (χ4n) is 1.62. The van der Waals surface area contributed by atoms with E-state index in [4.69, 9.17) is 0 Å². The summed E-state index contributed by atoms with van der Waals surface area (Å²) < 4.78 is 0. The van der Waals surface area contributed by atoms with Gasteiger partial charge in [0.2, 0.25) is 0 Å². The van der Waals surface area contributed by atoms with E-state index >= 15 is 0 Å². The minimum atomic E-state index is 0.361. The Hall–Kier alpha value is -0.500. The summed E-state index contributed by atoms with van der Waals surface area (Å²) in [6.07, 6.45) is 2.18. The molecule has 0 heterocycles. The molecule has 0 radical (unpaired) electrons. The number of phenolic OH excluding ortho intramolecular Hbond substituents is 1. The number of hydrogen-bond donors (Lipinski definition) is 1. The summed E-state index contributed by atoms with van der Waals surface area (Å²) in [4.78, 5) is 0.523. The fraction of sp³-hybridized carbons (Fsp3) is 0.500. The van der Waals surface area contributed by atoms with Gasteiger partial charge in [-0.25, -0.2) is 0 Å². The van der Waals surface area contributed by atoms with E-state index in [-0.39, 0.29) is 0 Å². The van der Waals surface area contributed by atoms with Crippen molar-refractivity contribution < 1.29 is 5.11 Å². The van der Waals surface area contributed by atoms with Crippen LogP contribution in [0.2, 0.25) is 0 Å². The lowest BCUT2D eigenvalue weighted by atomic mass is 9.94. The zero-order valence-electron chi connectivity index (χ0n) is 8.70. The molecule has 0 saturated carbocycles. The number of rotatable bonds is 4. The van der Waals surface area contributed by atoms with Gasteiger partial charge in [-0.3, -0.25) is 0 Å². The van der Waals surface area contributed by atoms with Crippen LogP contribution in [-0.2, 0) is 6.42 Å². The molecule has 0 bridgehead atoms. The summed E-state index contributed by atoms with van der Waals surface area (Å²) in [5.41, 5.74) is 1.21. The maximum absolute atomic E-state index is 9.33. The van der Waals surface area contributed by atoms with Crippen LogP contribution in [0.3, 0.4) is 0 Å². The highest BCUT2D eigenvalue weighted by molar-refractivity contribution is 9.09. The Bertz CT molecular complexity index is 283. The highest BCUT2D eigenvalue weighted by atomic mass is 79.9. The van der Waals surface area contributed by atoms with E-state index in [0.29, 0.717) is 16.5 Å². The zero-order valence-corrected chi connectivity index (χ0v) is 10.3. The summed E-state index contributed by atoms with van der Waals surface area (Å²) in [5, 5.41) is 9.33. The minimum Gasteiger partial charge on any atom is -0.508 e. The molecule has 0 aliphatic heterocycles. The van der Waals surface area contributed by atoms with Crippen LogP contribution in [0.15, 0.2) is 24.3 Å². The molecule has 0 aliphatic rings. The van der Waals surface area contributed by atoms with Crippen molar-refractivity contribution in [3.8, 4) is 5.75 Å². The average molecular weight is 257 g/mol. The first-order valence-electron chi connectivity index (χ1n) is 5.05. The van der Waals surface area contributed by atoms with E-state index < -0.39 is 0 Å². The highest BCUT2D eigenvalue weighted by Crippen LogP contribution is 2.22. The molecule has 14 heavy (non-hydrogen) atoms. The van der Waals surface area contributed by atoms with Crippen LogP contribution in [0.5, 0.6) is 5.75 Å². The van der Waals surface area contributed by atoms with Crippen LogP contribution in [-0.4, -0.2) is 9.93 Å². The second kappa shape index (κ2) is 5.40. The fourth-order valence-corrected chi connectivity index (χ4v) is 2.18. The predicted molar refractivity (Wildman–Crippen MR) is 64.0 cm³/mol. The lowest BCUT2D eigenvalue weighted by Crippen LogP contribution is -2.12. The van der Waals surface area contributed by atoms with Crippen LogP contribution in [0.1, 0.15) is 25.8 Å². The lowest BCUT2D eigenvalue weighted by molar-refractivity contribution is 0.471. The van der Waals surface area contributed by atoms with E-state index in [2.05, 4.69) is 35.8 Å². The quantitative estimate of drug-likeness (QED) is 0.814. The first kappa shape index (κ1) is 11.6. The van der Waals surface area contributed by atoms with Crippen LogP contribution < -0.4 is 0 Å². The zero-order chi connectivity index (χ0) is 10.6. The van der Waals surface area contributed by atoms with Gasteiger partial charge in [0.15, 0.2) is 0 Å². The van der Waals surface area contributed by atoms with Crippen molar-refractivity contribution in [1.29, 1.82) is 0 Å². The lowest BCUT2D eigenvalue weighted by Gasteiger charge is -2.17. The van der Waals surface area contributed by atoms with Crippen molar-refractivity contribution in [1.82, 2.24) is 0 Å². The topological polar surface area (TPSA) is 20.2 Å². The molecule has 0 saturated heterocycles. The van der Waals surface area contributed by atoms with Gasteiger partial charge in [0.1, 0.15) is 5.75 Å². The van der Waals surface area contributed by atoms with Crippen molar-refractivity contribution in [2.24, 2.45) is 5.92 Å². The molecule has 0 aliphatic carbocycles. The summed E-state index contributed by atoms with van der Waals surface area (Å²) >= 11 is 3.61. The molecule has 2 atom stereocenters. The van der Waals surface area contributed by atoms with Gasteiger partial charge >= 0.3 is 0 Å². The van der Waals surface area contributed by atoms with Gasteiger partial charge in [-0.15, -0.1) is 0 Å². The first-order valence-corrected chi connectivity index (χ1v) is 5.97. The maximum Gasteiger partial charge on any atom is 0.115 e. The molecule has 1 aromatic carbocycles. The molecule has 0 amide bonds. The van der Waals surface area contributed by atoms with Crippen LogP contribution in [0.4, 0.5) is 0 Å². The van der Waals surface area contributed by atoms with E-state index in [1.54, 1.807) is 6.07 Å². The SMILES string of the molecule is CCC(Cc1cccc(O)c1)C(C)Br. The third-order valence-electron chi connectivity index (χ3n) is 2.58. The van der Waals surface area contributed by atoms with Crippen molar-refractivity contribution in [3.63, 3.8) is 0 Å². The molecule has 2 heteroatoms. The number of alkyl halides is 1. The maximum atomic E-state index is 9.33. The number of aromatic hydroxyl groups is 1. The Morgan fingerprint density at radius 3 is 2.64 bits per heavy atom. The van der Waals surface area contributed by atoms with Gasteiger partial charge in [0, 0.05) is 4.83 Å². The molecule has 0 aromatic heterocycles. The second-order valence-electron chi connectivity index (χ2n) is 3.72. The second-order valence-corrected chi connectivity index (χ2v) is 5.16. The minimum absolute atomic E-state index is 0.361. The smallest absolute Gasteiger partial charge is 0.115 e. The Morgan fingerprint density at radius 2 is 2.14 bits per heavy atom. The third-order valence-corrected chi connectivity index (χ3v) is 3.33. The summed E-state index contributed by atoms with van der Waals surface area (Å²) in [7, 11) is 0. The Labute approximate surface area is 94.3 Å².